The Morgan fingerprint density at radius 2 is 1.67 bits per heavy atom. The van der Waals surface area contributed by atoms with Crippen molar-refractivity contribution in [1.29, 1.82) is 0 Å². The molecule has 0 bridgehead atoms. The highest BCUT2D eigenvalue weighted by molar-refractivity contribution is 6.04. The molecule has 5 nitrogen and oxygen atoms in total. The van der Waals surface area contributed by atoms with Crippen LogP contribution in [0.15, 0.2) is 60.9 Å². The van der Waals surface area contributed by atoms with E-state index in [1.54, 1.807) is 18.5 Å². The molecule has 1 heterocycles. The Kier molecular flexibility index (Phi) is 5.41. The number of hydrogen-bond acceptors (Lipinski definition) is 4. The third-order valence-corrected chi connectivity index (χ3v) is 4.31. The van der Waals surface area contributed by atoms with E-state index in [0.717, 1.165) is 28.3 Å². The number of nitrogens with zero attached hydrogens (tertiary/aromatic N) is 2. The number of nitrogens with one attached hydrogen (secondary N) is 2. The third kappa shape index (κ3) is 4.64. The predicted octanol–water partition coefficient (Wildman–Crippen LogP) is 4.76. The Hall–Kier alpha value is -3.34. The van der Waals surface area contributed by atoms with Gasteiger partial charge in [-0.1, -0.05) is 12.1 Å². The Balaban J connectivity index is 1.74. The quantitative estimate of drug-likeness (QED) is 0.689. The first kappa shape index (κ1) is 18.5. The summed E-state index contributed by atoms with van der Waals surface area (Å²) >= 11 is 0. The lowest BCUT2D eigenvalue weighted by Crippen LogP contribution is -2.13. The van der Waals surface area contributed by atoms with Gasteiger partial charge in [0.15, 0.2) is 0 Å². The first-order valence-electron chi connectivity index (χ1n) is 8.80. The number of aryl methyl sites for hydroxylation is 2. The molecule has 27 heavy (non-hydrogen) atoms. The molecule has 0 atom stereocenters. The van der Waals surface area contributed by atoms with Crippen LogP contribution in [0.3, 0.4) is 0 Å². The topological polar surface area (TPSA) is 57.3 Å². The molecule has 0 saturated carbocycles. The minimum atomic E-state index is -0.190. The van der Waals surface area contributed by atoms with Crippen molar-refractivity contribution >= 4 is 28.7 Å². The summed E-state index contributed by atoms with van der Waals surface area (Å²) in [5, 5.41) is 6.25. The number of rotatable bonds is 5. The van der Waals surface area contributed by atoms with Crippen LogP contribution in [0.2, 0.25) is 0 Å². The fourth-order valence-electron chi connectivity index (χ4n) is 2.70. The first-order valence-corrected chi connectivity index (χ1v) is 8.80. The Morgan fingerprint density at radius 1 is 0.926 bits per heavy atom. The summed E-state index contributed by atoms with van der Waals surface area (Å²) in [6, 6.07) is 15.7. The van der Waals surface area contributed by atoms with E-state index in [4.69, 9.17) is 0 Å². The van der Waals surface area contributed by atoms with E-state index in [0.29, 0.717) is 5.56 Å². The standard InChI is InChI=1S/C22H24N4O/c1-15-5-6-16(2)21(11-15)24-19-12-17(13-23-14-19)22(27)25-18-7-9-20(10-8-18)26(3)4/h5-14,24H,1-4H3,(H,25,27). The largest absolute Gasteiger partial charge is 0.378 e. The molecule has 3 rings (SSSR count). The number of anilines is 4. The summed E-state index contributed by atoms with van der Waals surface area (Å²) < 4.78 is 0. The van der Waals surface area contributed by atoms with Gasteiger partial charge in [0.05, 0.1) is 17.4 Å². The number of aromatic nitrogens is 1. The van der Waals surface area contributed by atoms with Gasteiger partial charge in [-0.2, -0.15) is 0 Å². The van der Waals surface area contributed by atoms with E-state index >= 15 is 0 Å². The second kappa shape index (κ2) is 7.91. The number of pyridine rings is 1. The van der Waals surface area contributed by atoms with Gasteiger partial charge in [0, 0.05) is 37.4 Å². The monoisotopic (exact) mass is 360 g/mol. The van der Waals surface area contributed by atoms with E-state index < -0.39 is 0 Å². The molecule has 3 aromatic rings. The van der Waals surface area contributed by atoms with Gasteiger partial charge in [0.1, 0.15) is 0 Å². The lowest BCUT2D eigenvalue weighted by atomic mass is 10.1. The van der Waals surface area contributed by atoms with E-state index in [1.807, 2.05) is 57.1 Å². The van der Waals surface area contributed by atoms with Gasteiger partial charge in [0.2, 0.25) is 0 Å². The highest BCUT2D eigenvalue weighted by atomic mass is 16.1. The minimum absolute atomic E-state index is 0.190. The lowest BCUT2D eigenvalue weighted by molar-refractivity contribution is 0.102. The predicted molar refractivity (Wildman–Crippen MR) is 112 cm³/mol. The Bertz CT molecular complexity index is 949. The summed E-state index contributed by atoms with van der Waals surface area (Å²) in [6.07, 6.45) is 3.28. The molecular weight excluding hydrogens is 336 g/mol. The first-order chi connectivity index (χ1) is 12.9. The Morgan fingerprint density at radius 3 is 2.37 bits per heavy atom. The summed E-state index contributed by atoms with van der Waals surface area (Å²) in [6.45, 7) is 4.09. The molecule has 5 heteroatoms. The molecule has 0 saturated heterocycles. The van der Waals surface area contributed by atoms with Gasteiger partial charge in [0.25, 0.3) is 5.91 Å². The maximum atomic E-state index is 12.6. The molecule has 138 valence electrons. The molecule has 1 aromatic heterocycles. The zero-order valence-electron chi connectivity index (χ0n) is 16.1. The number of amides is 1. The molecule has 2 aromatic carbocycles. The fraction of sp³-hybridized carbons (Fsp3) is 0.182. The van der Waals surface area contributed by atoms with Crippen molar-refractivity contribution in [1.82, 2.24) is 4.98 Å². The van der Waals surface area contributed by atoms with Gasteiger partial charge in [-0.3, -0.25) is 9.78 Å². The molecule has 0 unspecified atom stereocenters. The summed E-state index contributed by atoms with van der Waals surface area (Å²) in [4.78, 5) is 18.8. The van der Waals surface area contributed by atoms with Crippen molar-refractivity contribution in [2.45, 2.75) is 13.8 Å². The van der Waals surface area contributed by atoms with Gasteiger partial charge < -0.3 is 15.5 Å². The van der Waals surface area contributed by atoms with Crippen LogP contribution in [0.5, 0.6) is 0 Å². The fourth-order valence-corrected chi connectivity index (χ4v) is 2.70. The summed E-state index contributed by atoms with van der Waals surface area (Å²) in [5.74, 6) is -0.190. The van der Waals surface area contributed by atoms with Crippen LogP contribution in [0.4, 0.5) is 22.7 Å². The summed E-state index contributed by atoms with van der Waals surface area (Å²) in [5.41, 5.74) is 6.42. The highest BCUT2D eigenvalue weighted by Gasteiger charge is 2.09. The molecule has 0 fully saturated rings. The number of benzene rings is 2. The maximum absolute atomic E-state index is 12.6. The molecular formula is C22H24N4O. The van der Waals surface area contributed by atoms with Crippen LogP contribution in [-0.2, 0) is 0 Å². The summed E-state index contributed by atoms with van der Waals surface area (Å²) in [7, 11) is 3.96. The molecule has 0 aliphatic rings. The normalized spacial score (nSPS) is 10.4. The zero-order chi connectivity index (χ0) is 19.4. The van der Waals surface area contributed by atoms with Crippen molar-refractivity contribution in [3.8, 4) is 0 Å². The second-order valence-corrected chi connectivity index (χ2v) is 6.80. The number of hydrogen-bond donors (Lipinski definition) is 2. The minimum Gasteiger partial charge on any atom is -0.378 e. The molecule has 0 aliphatic heterocycles. The second-order valence-electron chi connectivity index (χ2n) is 6.80. The van der Waals surface area contributed by atoms with Crippen molar-refractivity contribution in [3.63, 3.8) is 0 Å². The number of carbonyl (C=O) groups excluding carboxylic acids is 1. The molecule has 0 aliphatic carbocycles. The molecule has 0 radical (unpaired) electrons. The van der Waals surface area contributed by atoms with Gasteiger partial charge in [-0.25, -0.2) is 0 Å². The van der Waals surface area contributed by atoms with E-state index in [2.05, 4.69) is 33.8 Å². The molecule has 0 spiro atoms. The number of carbonyl (C=O) groups is 1. The van der Waals surface area contributed by atoms with Crippen molar-refractivity contribution < 1.29 is 4.79 Å². The van der Waals surface area contributed by atoms with Crippen LogP contribution >= 0.6 is 0 Å². The van der Waals surface area contributed by atoms with Crippen LogP contribution in [-0.4, -0.2) is 25.0 Å². The smallest absolute Gasteiger partial charge is 0.257 e. The van der Waals surface area contributed by atoms with E-state index in [9.17, 15) is 4.79 Å². The van der Waals surface area contributed by atoms with Crippen LogP contribution in [0.25, 0.3) is 0 Å². The maximum Gasteiger partial charge on any atom is 0.257 e. The van der Waals surface area contributed by atoms with Crippen molar-refractivity contribution in [2.24, 2.45) is 0 Å². The third-order valence-electron chi connectivity index (χ3n) is 4.31. The molecule has 1 amide bonds. The molecule has 2 N–H and O–H groups in total. The SMILES string of the molecule is Cc1ccc(C)c(Nc2cncc(C(=O)Nc3ccc(N(C)C)cc3)c2)c1. The van der Waals surface area contributed by atoms with Crippen LogP contribution in [0.1, 0.15) is 21.5 Å². The Labute approximate surface area is 160 Å². The van der Waals surface area contributed by atoms with Gasteiger partial charge in [-0.15, -0.1) is 0 Å². The van der Waals surface area contributed by atoms with Crippen LogP contribution in [0, 0.1) is 13.8 Å². The lowest BCUT2D eigenvalue weighted by Gasteiger charge is -2.13. The average molecular weight is 360 g/mol. The van der Waals surface area contributed by atoms with Gasteiger partial charge >= 0.3 is 0 Å². The van der Waals surface area contributed by atoms with Crippen molar-refractivity contribution in [2.75, 3.05) is 29.6 Å². The van der Waals surface area contributed by atoms with E-state index in [1.165, 1.54) is 5.56 Å². The van der Waals surface area contributed by atoms with Crippen LogP contribution < -0.4 is 15.5 Å². The highest BCUT2D eigenvalue weighted by Crippen LogP contribution is 2.22. The van der Waals surface area contributed by atoms with E-state index in [-0.39, 0.29) is 5.91 Å². The van der Waals surface area contributed by atoms with Gasteiger partial charge in [-0.05, 0) is 61.4 Å². The zero-order valence-corrected chi connectivity index (χ0v) is 16.1. The van der Waals surface area contributed by atoms with Crippen molar-refractivity contribution in [3.05, 3.63) is 77.6 Å². The average Bonchev–Trinajstić information content (AvgIpc) is 2.65.